The smallest absolute Gasteiger partial charge is 0.155 e. The number of allylic oxidation sites excluding steroid dienone is 1. The van der Waals surface area contributed by atoms with Crippen molar-refractivity contribution in [3.8, 4) is 6.07 Å². The SMILES string of the molecule is CC1C=C(c2c(N)cc(F)c(C#N)c2F)NCC1. The maximum Gasteiger partial charge on any atom is 0.155 e. The average molecular weight is 249 g/mol. The van der Waals surface area contributed by atoms with E-state index in [1.807, 2.05) is 13.0 Å². The molecule has 0 bridgehead atoms. The Kier molecular flexibility index (Phi) is 3.19. The Balaban J connectivity index is 2.61. The van der Waals surface area contributed by atoms with Crippen LogP contribution in [0, 0.1) is 28.9 Å². The molecule has 1 aromatic rings. The molecule has 94 valence electrons. The Morgan fingerprint density at radius 3 is 2.83 bits per heavy atom. The molecule has 1 aliphatic rings. The van der Waals surface area contributed by atoms with Crippen LogP contribution in [0.25, 0.3) is 5.70 Å². The molecular formula is C13H13F2N3. The molecule has 5 heteroatoms. The summed E-state index contributed by atoms with van der Waals surface area (Å²) in [7, 11) is 0. The Morgan fingerprint density at radius 2 is 2.22 bits per heavy atom. The summed E-state index contributed by atoms with van der Waals surface area (Å²) in [5, 5.41) is 11.8. The molecule has 1 heterocycles. The number of nitrogen functional groups attached to an aromatic ring is 1. The Labute approximate surface area is 104 Å². The van der Waals surface area contributed by atoms with Crippen molar-refractivity contribution in [3.05, 3.63) is 34.9 Å². The van der Waals surface area contributed by atoms with Gasteiger partial charge in [0, 0.05) is 17.9 Å². The zero-order valence-corrected chi connectivity index (χ0v) is 9.93. The van der Waals surface area contributed by atoms with Gasteiger partial charge < -0.3 is 11.1 Å². The molecule has 2 rings (SSSR count). The zero-order chi connectivity index (χ0) is 13.3. The summed E-state index contributed by atoms with van der Waals surface area (Å²) in [6.07, 6.45) is 2.79. The van der Waals surface area contributed by atoms with Crippen molar-refractivity contribution >= 4 is 11.4 Å². The van der Waals surface area contributed by atoms with E-state index in [0.717, 1.165) is 12.5 Å². The number of nitriles is 1. The lowest BCUT2D eigenvalue weighted by Crippen LogP contribution is -2.23. The van der Waals surface area contributed by atoms with Crippen molar-refractivity contribution in [2.24, 2.45) is 5.92 Å². The van der Waals surface area contributed by atoms with E-state index in [4.69, 9.17) is 11.0 Å². The Bertz CT molecular complexity index is 558. The first-order valence-electron chi connectivity index (χ1n) is 5.68. The van der Waals surface area contributed by atoms with Crippen LogP contribution in [0.4, 0.5) is 14.5 Å². The van der Waals surface area contributed by atoms with Crippen molar-refractivity contribution in [3.63, 3.8) is 0 Å². The molecule has 1 aliphatic heterocycles. The number of rotatable bonds is 1. The first-order chi connectivity index (χ1) is 8.54. The second kappa shape index (κ2) is 4.65. The fraction of sp³-hybridized carbons (Fsp3) is 0.308. The normalized spacial score (nSPS) is 18.8. The Hall–Kier alpha value is -2.09. The van der Waals surface area contributed by atoms with Crippen LogP contribution in [-0.4, -0.2) is 6.54 Å². The van der Waals surface area contributed by atoms with Crippen LogP contribution in [0.1, 0.15) is 24.5 Å². The second-order valence-electron chi connectivity index (χ2n) is 4.40. The van der Waals surface area contributed by atoms with Gasteiger partial charge in [0.1, 0.15) is 17.4 Å². The fourth-order valence-electron chi connectivity index (χ4n) is 2.05. The van der Waals surface area contributed by atoms with Crippen LogP contribution >= 0.6 is 0 Å². The van der Waals surface area contributed by atoms with Crippen LogP contribution in [0.2, 0.25) is 0 Å². The number of nitrogens with one attached hydrogen (secondary N) is 1. The van der Waals surface area contributed by atoms with Crippen LogP contribution < -0.4 is 11.1 Å². The van der Waals surface area contributed by atoms with E-state index in [9.17, 15) is 8.78 Å². The number of nitrogens with two attached hydrogens (primary N) is 1. The molecule has 3 N–H and O–H groups in total. The highest BCUT2D eigenvalue weighted by Gasteiger charge is 2.21. The standard InChI is InChI=1S/C13H13F2N3/c1-7-2-3-18-11(4-7)12-10(17)5-9(14)8(6-16)13(12)15/h4-5,7,18H,2-3,17H2,1H3. The monoisotopic (exact) mass is 249 g/mol. The third-order valence-electron chi connectivity index (χ3n) is 3.00. The molecule has 0 aromatic heterocycles. The molecule has 3 nitrogen and oxygen atoms in total. The highest BCUT2D eigenvalue weighted by molar-refractivity contribution is 5.76. The number of halogens is 2. The molecule has 0 amide bonds. The summed E-state index contributed by atoms with van der Waals surface area (Å²) >= 11 is 0. The van der Waals surface area contributed by atoms with Gasteiger partial charge in [0.25, 0.3) is 0 Å². The second-order valence-corrected chi connectivity index (χ2v) is 4.40. The molecule has 0 fully saturated rings. The van der Waals surface area contributed by atoms with Crippen molar-refractivity contribution in [1.82, 2.24) is 5.32 Å². The molecule has 1 unspecified atom stereocenters. The van der Waals surface area contributed by atoms with E-state index < -0.39 is 17.2 Å². The number of anilines is 1. The number of nitrogens with zero attached hydrogens (tertiary/aromatic N) is 1. The van der Waals surface area contributed by atoms with Crippen molar-refractivity contribution in [2.75, 3.05) is 12.3 Å². The quantitative estimate of drug-likeness (QED) is 0.751. The van der Waals surface area contributed by atoms with E-state index in [1.54, 1.807) is 0 Å². The predicted octanol–water partition coefficient (Wildman–Crippen LogP) is 2.39. The molecular weight excluding hydrogens is 236 g/mol. The largest absolute Gasteiger partial charge is 0.398 e. The first kappa shape index (κ1) is 12.4. The van der Waals surface area contributed by atoms with Gasteiger partial charge in [0.2, 0.25) is 0 Å². The highest BCUT2D eigenvalue weighted by Crippen LogP contribution is 2.30. The fourth-order valence-corrected chi connectivity index (χ4v) is 2.05. The van der Waals surface area contributed by atoms with Crippen LogP contribution in [-0.2, 0) is 0 Å². The van der Waals surface area contributed by atoms with Gasteiger partial charge in [-0.1, -0.05) is 13.0 Å². The highest BCUT2D eigenvalue weighted by atomic mass is 19.1. The van der Waals surface area contributed by atoms with E-state index in [-0.39, 0.29) is 17.2 Å². The maximum atomic E-state index is 14.1. The van der Waals surface area contributed by atoms with Crippen LogP contribution in [0.3, 0.4) is 0 Å². The molecule has 1 atom stereocenters. The minimum atomic E-state index is -0.930. The lowest BCUT2D eigenvalue weighted by atomic mass is 9.97. The molecule has 0 spiro atoms. The summed E-state index contributed by atoms with van der Waals surface area (Å²) in [5.41, 5.74) is 5.66. The molecule has 0 saturated heterocycles. The Morgan fingerprint density at radius 1 is 1.50 bits per heavy atom. The van der Waals surface area contributed by atoms with Gasteiger partial charge in [-0.2, -0.15) is 5.26 Å². The third-order valence-corrected chi connectivity index (χ3v) is 3.00. The van der Waals surface area contributed by atoms with Crippen LogP contribution in [0.5, 0.6) is 0 Å². The van der Waals surface area contributed by atoms with E-state index in [0.29, 0.717) is 12.2 Å². The molecule has 0 radical (unpaired) electrons. The van der Waals surface area contributed by atoms with Gasteiger partial charge in [-0.25, -0.2) is 8.78 Å². The molecule has 1 aromatic carbocycles. The third kappa shape index (κ3) is 2.02. The number of hydrogen-bond acceptors (Lipinski definition) is 3. The van der Waals surface area contributed by atoms with Gasteiger partial charge in [-0.05, 0) is 18.4 Å². The van der Waals surface area contributed by atoms with E-state index in [1.165, 1.54) is 6.07 Å². The average Bonchev–Trinajstić information content (AvgIpc) is 2.28. The topological polar surface area (TPSA) is 61.8 Å². The van der Waals surface area contributed by atoms with Crippen LogP contribution in [0.15, 0.2) is 12.1 Å². The van der Waals surface area contributed by atoms with E-state index in [2.05, 4.69) is 5.32 Å². The summed E-state index contributed by atoms with van der Waals surface area (Å²) < 4.78 is 27.4. The first-order valence-corrected chi connectivity index (χ1v) is 5.68. The minimum absolute atomic E-state index is 0.00292. The van der Waals surface area contributed by atoms with Gasteiger partial charge in [-0.15, -0.1) is 0 Å². The zero-order valence-electron chi connectivity index (χ0n) is 9.93. The lowest BCUT2D eigenvalue weighted by molar-refractivity contribution is 0.568. The molecule has 0 saturated carbocycles. The summed E-state index contributed by atoms with van der Waals surface area (Å²) in [4.78, 5) is 0. The summed E-state index contributed by atoms with van der Waals surface area (Å²) in [6.45, 7) is 2.70. The molecule has 18 heavy (non-hydrogen) atoms. The number of benzene rings is 1. The lowest BCUT2D eigenvalue weighted by Gasteiger charge is -2.22. The summed E-state index contributed by atoms with van der Waals surface area (Å²) in [5.74, 6) is -1.54. The maximum absolute atomic E-state index is 14.1. The minimum Gasteiger partial charge on any atom is -0.398 e. The van der Waals surface area contributed by atoms with Crippen molar-refractivity contribution < 1.29 is 8.78 Å². The van der Waals surface area contributed by atoms with Crippen molar-refractivity contribution in [2.45, 2.75) is 13.3 Å². The van der Waals surface area contributed by atoms with Gasteiger partial charge in [-0.3, -0.25) is 0 Å². The summed E-state index contributed by atoms with van der Waals surface area (Å²) in [6, 6.07) is 2.51. The van der Waals surface area contributed by atoms with Gasteiger partial charge >= 0.3 is 0 Å². The van der Waals surface area contributed by atoms with Gasteiger partial charge in [0.15, 0.2) is 5.82 Å². The number of hydrogen-bond donors (Lipinski definition) is 2. The molecule has 0 aliphatic carbocycles. The predicted molar refractivity (Wildman–Crippen MR) is 65.2 cm³/mol. The van der Waals surface area contributed by atoms with Gasteiger partial charge in [0.05, 0.1) is 5.56 Å². The van der Waals surface area contributed by atoms with E-state index >= 15 is 0 Å². The van der Waals surface area contributed by atoms with Crippen molar-refractivity contribution in [1.29, 1.82) is 5.26 Å².